The molecule has 3 heteroatoms. The summed E-state index contributed by atoms with van der Waals surface area (Å²) in [5.74, 6) is 1.81. The Kier molecular flexibility index (Phi) is 5.49. The molecule has 0 amide bonds. The van der Waals surface area contributed by atoms with Gasteiger partial charge in [-0.25, -0.2) is 0 Å². The number of ether oxygens (including phenoxy) is 2. The fraction of sp³-hybridized carbons (Fsp3) is 0.600. The van der Waals surface area contributed by atoms with E-state index in [1.807, 2.05) is 6.07 Å². The molecule has 1 aromatic carbocycles. The first kappa shape index (κ1) is 13.4. The minimum atomic E-state index is 0.625. The zero-order chi connectivity index (χ0) is 12.6. The van der Waals surface area contributed by atoms with Gasteiger partial charge in [-0.05, 0) is 49.9 Å². The first-order valence-electron chi connectivity index (χ1n) is 6.80. The molecule has 0 spiro atoms. The van der Waals surface area contributed by atoms with Gasteiger partial charge in [0.2, 0.25) is 0 Å². The van der Waals surface area contributed by atoms with Crippen molar-refractivity contribution in [2.45, 2.75) is 19.3 Å². The van der Waals surface area contributed by atoms with E-state index in [2.05, 4.69) is 23.5 Å². The predicted octanol–water partition coefficient (Wildman–Crippen LogP) is 2.25. The maximum Gasteiger partial charge on any atom is 0.122 e. The number of nitrogens with one attached hydrogen (secondary N) is 1. The number of para-hydroxylation sites is 1. The lowest BCUT2D eigenvalue weighted by atomic mass is 9.91. The molecule has 0 saturated carbocycles. The Morgan fingerprint density at radius 1 is 1.17 bits per heavy atom. The highest BCUT2D eigenvalue weighted by molar-refractivity contribution is 5.33. The van der Waals surface area contributed by atoms with Crippen molar-refractivity contribution in [2.75, 3.05) is 33.4 Å². The van der Waals surface area contributed by atoms with Gasteiger partial charge in [-0.2, -0.15) is 0 Å². The van der Waals surface area contributed by atoms with Gasteiger partial charge in [-0.15, -0.1) is 0 Å². The first-order valence-corrected chi connectivity index (χ1v) is 6.80. The fourth-order valence-electron chi connectivity index (χ4n) is 2.45. The standard InChI is InChI=1S/C15H23NO2/c1-17-10-11-18-15-5-3-2-4-14(15)12-13-6-8-16-9-7-13/h2-5,13,16H,6-12H2,1H3. The molecule has 1 saturated heterocycles. The van der Waals surface area contributed by atoms with Gasteiger partial charge < -0.3 is 14.8 Å². The summed E-state index contributed by atoms with van der Waals surface area (Å²) in [5.41, 5.74) is 1.33. The minimum Gasteiger partial charge on any atom is -0.491 e. The zero-order valence-electron chi connectivity index (χ0n) is 11.2. The van der Waals surface area contributed by atoms with Crippen LogP contribution in [0.15, 0.2) is 24.3 Å². The van der Waals surface area contributed by atoms with E-state index in [0.717, 1.165) is 31.2 Å². The molecule has 1 aliphatic heterocycles. The number of methoxy groups -OCH3 is 1. The Balaban J connectivity index is 1.93. The summed E-state index contributed by atoms with van der Waals surface area (Å²) in [6.07, 6.45) is 3.67. The highest BCUT2D eigenvalue weighted by Crippen LogP contribution is 2.25. The number of hydrogen-bond donors (Lipinski definition) is 1. The Labute approximate surface area is 109 Å². The van der Waals surface area contributed by atoms with E-state index in [1.54, 1.807) is 7.11 Å². The second kappa shape index (κ2) is 7.39. The molecular weight excluding hydrogens is 226 g/mol. The third kappa shape index (κ3) is 4.00. The zero-order valence-corrected chi connectivity index (χ0v) is 11.2. The number of piperidine rings is 1. The molecule has 0 atom stereocenters. The van der Waals surface area contributed by atoms with Crippen LogP contribution >= 0.6 is 0 Å². The van der Waals surface area contributed by atoms with E-state index in [1.165, 1.54) is 18.4 Å². The average molecular weight is 249 g/mol. The molecule has 1 fully saturated rings. The van der Waals surface area contributed by atoms with Gasteiger partial charge in [0.1, 0.15) is 12.4 Å². The van der Waals surface area contributed by atoms with E-state index in [0.29, 0.717) is 13.2 Å². The van der Waals surface area contributed by atoms with Crippen molar-refractivity contribution >= 4 is 0 Å². The second-order valence-corrected chi connectivity index (χ2v) is 4.85. The molecule has 1 aliphatic rings. The maximum atomic E-state index is 5.78. The van der Waals surface area contributed by atoms with Crippen LogP contribution < -0.4 is 10.1 Å². The van der Waals surface area contributed by atoms with Crippen LogP contribution in [0.5, 0.6) is 5.75 Å². The van der Waals surface area contributed by atoms with Crippen LogP contribution in [-0.2, 0) is 11.2 Å². The van der Waals surface area contributed by atoms with Gasteiger partial charge in [-0.1, -0.05) is 18.2 Å². The smallest absolute Gasteiger partial charge is 0.122 e. The summed E-state index contributed by atoms with van der Waals surface area (Å²) < 4.78 is 10.8. The number of rotatable bonds is 6. The molecule has 2 rings (SSSR count). The van der Waals surface area contributed by atoms with Gasteiger partial charge in [-0.3, -0.25) is 0 Å². The molecule has 0 unspecified atom stereocenters. The Morgan fingerprint density at radius 2 is 1.94 bits per heavy atom. The van der Waals surface area contributed by atoms with Crippen LogP contribution in [-0.4, -0.2) is 33.4 Å². The topological polar surface area (TPSA) is 30.5 Å². The molecule has 0 radical (unpaired) electrons. The summed E-state index contributed by atoms with van der Waals surface area (Å²) in [4.78, 5) is 0. The lowest BCUT2D eigenvalue weighted by molar-refractivity contribution is 0.145. The quantitative estimate of drug-likeness (QED) is 0.784. The van der Waals surface area contributed by atoms with Gasteiger partial charge in [0, 0.05) is 7.11 Å². The molecule has 1 heterocycles. The Morgan fingerprint density at radius 3 is 2.72 bits per heavy atom. The molecule has 1 aromatic rings. The molecule has 0 aromatic heterocycles. The monoisotopic (exact) mass is 249 g/mol. The van der Waals surface area contributed by atoms with Gasteiger partial charge in [0.15, 0.2) is 0 Å². The summed E-state index contributed by atoms with van der Waals surface area (Å²) in [5, 5.41) is 3.41. The molecule has 18 heavy (non-hydrogen) atoms. The molecule has 100 valence electrons. The van der Waals surface area contributed by atoms with Gasteiger partial charge in [0.25, 0.3) is 0 Å². The Bertz CT molecular complexity index is 348. The van der Waals surface area contributed by atoms with E-state index in [4.69, 9.17) is 9.47 Å². The predicted molar refractivity (Wildman–Crippen MR) is 73.1 cm³/mol. The highest BCUT2D eigenvalue weighted by Gasteiger charge is 2.15. The summed E-state index contributed by atoms with van der Waals surface area (Å²) in [6, 6.07) is 8.38. The molecule has 0 bridgehead atoms. The van der Waals surface area contributed by atoms with Crippen LogP contribution in [0.1, 0.15) is 18.4 Å². The number of benzene rings is 1. The van der Waals surface area contributed by atoms with Crippen molar-refractivity contribution in [3.8, 4) is 5.75 Å². The normalized spacial score (nSPS) is 16.7. The average Bonchev–Trinajstić information content (AvgIpc) is 2.42. The maximum absolute atomic E-state index is 5.78. The van der Waals surface area contributed by atoms with E-state index < -0.39 is 0 Å². The molecule has 0 aliphatic carbocycles. The summed E-state index contributed by atoms with van der Waals surface area (Å²) in [7, 11) is 1.70. The van der Waals surface area contributed by atoms with Gasteiger partial charge in [0.05, 0.1) is 6.61 Å². The van der Waals surface area contributed by atoms with Crippen LogP contribution in [0, 0.1) is 5.92 Å². The van der Waals surface area contributed by atoms with E-state index in [-0.39, 0.29) is 0 Å². The van der Waals surface area contributed by atoms with Crippen LogP contribution in [0.2, 0.25) is 0 Å². The van der Waals surface area contributed by atoms with E-state index >= 15 is 0 Å². The van der Waals surface area contributed by atoms with Crippen LogP contribution in [0.4, 0.5) is 0 Å². The Hall–Kier alpha value is -1.06. The van der Waals surface area contributed by atoms with Crippen LogP contribution in [0.3, 0.4) is 0 Å². The highest BCUT2D eigenvalue weighted by atomic mass is 16.5. The fourth-order valence-corrected chi connectivity index (χ4v) is 2.45. The SMILES string of the molecule is COCCOc1ccccc1CC1CCNCC1. The van der Waals surface area contributed by atoms with E-state index in [9.17, 15) is 0 Å². The summed E-state index contributed by atoms with van der Waals surface area (Å²) >= 11 is 0. The lowest BCUT2D eigenvalue weighted by Gasteiger charge is -2.23. The third-order valence-corrected chi connectivity index (χ3v) is 3.48. The van der Waals surface area contributed by atoms with Crippen molar-refractivity contribution in [3.05, 3.63) is 29.8 Å². The van der Waals surface area contributed by atoms with Gasteiger partial charge >= 0.3 is 0 Å². The lowest BCUT2D eigenvalue weighted by Crippen LogP contribution is -2.28. The van der Waals surface area contributed by atoms with Crippen molar-refractivity contribution in [2.24, 2.45) is 5.92 Å². The van der Waals surface area contributed by atoms with Crippen molar-refractivity contribution in [1.82, 2.24) is 5.32 Å². The molecular formula is C15H23NO2. The number of hydrogen-bond acceptors (Lipinski definition) is 3. The van der Waals surface area contributed by atoms with Crippen molar-refractivity contribution < 1.29 is 9.47 Å². The summed E-state index contributed by atoms with van der Waals surface area (Å²) in [6.45, 7) is 3.57. The largest absolute Gasteiger partial charge is 0.491 e. The minimum absolute atomic E-state index is 0.625. The third-order valence-electron chi connectivity index (χ3n) is 3.48. The van der Waals surface area contributed by atoms with Crippen LogP contribution in [0.25, 0.3) is 0 Å². The van der Waals surface area contributed by atoms with Crippen molar-refractivity contribution in [3.63, 3.8) is 0 Å². The second-order valence-electron chi connectivity index (χ2n) is 4.85. The van der Waals surface area contributed by atoms with Crippen molar-refractivity contribution in [1.29, 1.82) is 0 Å². The first-order chi connectivity index (χ1) is 8.90. The molecule has 1 N–H and O–H groups in total. The molecule has 3 nitrogen and oxygen atoms in total.